The second-order valence-corrected chi connectivity index (χ2v) is 5.28. The van der Waals surface area contributed by atoms with Gasteiger partial charge in [-0.2, -0.15) is 0 Å². The van der Waals surface area contributed by atoms with Crippen molar-refractivity contribution in [1.82, 2.24) is 10.2 Å². The summed E-state index contributed by atoms with van der Waals surface area (Å²) in [6, 6.07) is 5.58. The van der Waals surface area contributed by atoms with E-state index in [0.29, 0.717) is 18.1 Å². The van der Waals surface area contributed by atoms with Crippen LogP contribution in [0.25, 0.3) is 0 Å². The van der Waals surface area contributed by atoms with E-state index in [9.17, 15) is 0 Å². The van der Waals surface area contributed by atoms with Crippen LogP contribution in [0, 0.1) is 0 Å². The summed E-state index contributed by atoms with van der Waals surface area (Å²) >= 11 is 0. The van der Waals surface area contributed by atoms with Gasteiger partial charge in [-0.25, -0.2) is 0 Å². The van der Waals surface area contributed by atoms with Crippen LogP contribution >= 0.6 is 0 Å². The lowest BCUT2D eigenvalue weighted by Crippen LogP contribution is -2.42. The molecule has 2 unspecified atom stereocenters. The van der Waals surface area contributed by atoms with Crippen molar-refractivity contribution < 1.29 is 4.42 Å². The molecule has 0 amide bonds. The molecule has 0 aromatic carbocycles. The number of nitrogens with one attached hydrogen (secondary N) is 1. The predicted molar refractivity (Wildman–Crippen MR) is 70.0 cm³/mol. The molecule has 1 saturated heterocycles. The molecule has 0 saturated carbocycles. The van der Waals surface area contributed by atoms with Crippen LogP contribution in [0.2, 0.25) is 0 Å². The number of rotatable bonds is 5. The quantitative estimate of drug-likeness (QED) is 0.852. The van der Waals surface area contributed by atoms with Crippen molar-refractivity contribution in [3.63, 3.8) is 0 Å². The lowest BCUT2D eigenvalue weighted by atomic mass is 10.1. The van der Waals surface area contributed by atoms with Crippen molar-refractivity contribution in [2.24, 2.45) is 0 Å². The Hall–Kier alpha value is -0.800. The summed E-state index contributed by atoms with van der Waals surface area (Å²) in [5, 5.41) is 3.57. The highest BCUT2D eigenvalue weighted by Crippen LogP contribution is 2.24. The fourth-order valence-corrected chi connectivity index (χ4v) is 2.68. The highest BCUT2D eigenvalue weighted by atomic mass is 16.3. The van der Waals surface area contributed by atoms with Crippen molar-refractivity contribution in [2.45, 2.75) is 51.7 Å². The van der Waals surface area contributed by atoms with Crippen molar-refractivity contribution in [3.05, 3.63) is 24.2 Å². The Morgan fingerprint density at radius 1 is 1.47 bits per heavy atom. The van der Waals surface area contributed by atoms with Crippen LogP contribution in [-0.4, -0.2) is 30.1 Å². The van der Waals surface area contributed by atoms with Gasteiger partial charge in [-0.05, 0) is 52.3 Å². The number of hydrogen-bond acceptors (Lipinski definition) is 3. The van der Waals surface area contributed by atoms with Crippen LogP contribution in [0.1, 0.15) is 45.4 Å². The van der Waals surface area contributed by atoms with E-state index in [0.717, 1.165) is 12.3 Å². The summed E-state index contributed by atoms with van der Waals surface area (Å²) in [4.78, 5) is 2.52. The van der Waals surface area contributed by atoms with Gasteiger partial charge in [0.2, 0.25) is 0 Å². The second kappa shape index (κ2) is 5.69. The Balaban J connectivity index is 2.00. The molecule has 3 nitrogen and oxygen atoms in total. The maximum absolute atomic E-state index is 5.53. The van der Waals surface area contributed by atoms with Crippen molar-refractivity contribution in [2.75, 3.05) is 13.1 Å². The van der Waals surface area contributed by atoms with Crippen molar-refractivity contribution in [1.29, 1.82) is 0 Å². The lowest BCUT2D eigenvalue weighted by Gasteiger charge is -2.33. The molecule has 1 fully saturated rings. The van der Waals surface area contributed by atoms with Gasteiger partial charge in [-0.3, -0.25) is 4.90 Å². The first-order valence-electron chi connectivity index (χ1n) is 6.71. The third-order valence-electron chi connectivity index (χ3n) is 3.71. The Kier molecular flexibility index (Phi) is 4.24. The molecule has 0 bridgehead atoms. The van der Waals surface area contributed by atoms with Crippen LogP contribution in [0.5, 0.6) is 0 Å². The molecule has 1 aliphatic heterocycles. The summed E-state index contributed by atoms with van der Waals surface area (Å²) in [5.41, 5.74) is 0. The first-order chi connectivity index (χ1) is 8.18. The SMILES string of the molecule is CC(C)N(CC1CCCN1)C(C)c1ccco1. The Morgan fingerprint density at radius 3 is 2.82 bits per heavy atom. The van der Waals surface area contributed by atoms with Crippen LogP contribution in [0.3, 0.4) is 0 Å². The molecule has 1 aromatic rings. The smallest absolute Gasteiger partial charge is 0.120 e. The van der Waals surface area contributed by atoms with E-state index in [2.05, 4.69) is 37.1 Å². The number of hydrogen-bond donors (Lipinski definition) is 1. The van der Waals surface area contributed by atoms with Gasteiger partial charge in [-0.15, -0.1) is 0 Å². The first-order valence-corrected chi connectivity index (χ1v) is 6.71. The van der Waals surface area contributed by atoms with Crippen LogP contribution in [0.15, 0.2) is 22.8 Å². The van der Waals surface area contributed by atoms with Gasteiger partial charge in [0.1, 0.15) is 5.76 Å². The normalized spacial score (nSPS) is 22.5. The molecule has 1 aliphatic rings. The summed E-state index contributed by atoms with van der Waals surface area (Å²) in [6.07, 6.45) is 4.37. The molecule has 2 atom stereocenters. The Morgan fingerprint density at radius 2 is 2.29 bits per heavy atom. The molecule has 2 rings (SSSR count). The zero-order chi connectivity index (χ0) is 12.3. The molecule has 0 aliphatic carbocycles. The van der Waals surface area contributed by atoms with E-state index < -0.39 is 0 Å². The number of furan rings is 1. The van der Waals surface area contributed by atoms with Crippen molar-refractivity contribution >= 4 is 0 Å². The fraction of sp³-hybridized carbons (Fsp3) is 0.714. The van der Waals surface area contributed by atoms with Gasteiger partial charge in [-0.1, -0.05) is 0 Å². The summed E-state index contributed by atoms with van der Waals surface area (Å²) in [5.74, 6) is 1.07. The highest BCUT2D eigenvalue weighted by molar-refractivity contribution is 5.04. The molecule has 1 aromatic heterocycles. The van der Waals surface area contributed by atoms with E-state index in [-0.39, 0.29) is 0 Å². The van der Waals surface area contributed by atoms with Gasteiger partial charge >= 0.3 is 0 Å². The molecular weight excluding hydrogens is 212 g/mol. The van der Waals surface area contributed by atoms with Crippen LogP contribution in [-0.2, 0) is 0 Å². The zero-order valence-corrected chi connectivity index (χ0v) is 11.1. The monoisotopic (exact) mass is 236 g/mol. The van der Waals surface area contributed by atoms with Crippen molar-refractivity contribution in [3.8, 4) is 0 Å². The zero-order valence-electron chi connectivity index (χ0n) is 11.1. The Labute approximate surface area is 104 Å². The van der Waals surface area contributed by atoms with Gasteiger partial charge < -0.3 is 9.73 Å². The summed E-state index contributed by atoms with van der Waals surface area (Å²) in [7, 11) is 0. The molecule has 3 heteroatoms. The molecule has 0 spiro atoms. The molecule has 2 heterocycles. The second-order valence-electron chi connectivity index (χ2n) is 5.28. The van der Waals surface area contributed by atoms with E-state index in [1.165, 1.54) is 19.4 Å². The molecular formula is C14H24N2O. The van der Waals surface area contributed by atoms with E-state index in [1.54, 1.807) is 6.26 Å². The summed E-state index contributed by atoms with van der Waals surface area (Å²) < 4.78 is 5.53. The minimum atomic E-state index is 0.354. The predicted octanol–water partition coefficient (Wildman–Crippen LogP) is 2.80. The average molecular weight is 236 g/mol. The molecule has 1 N–H and O–H groups in total. The van der Waals surface area contributed by atoms with E-state index >= 15 is 0 Å². The number of nitrogens with zero attached hydrogens (tertiary/aromatic N) is 1. The lowest BCUT2D eigenvalue weighted by molar-refractivity contribution is 0.134. The van der Waals surface area contributed by atoms with Gasteiger partial charge in [0.15, 0.2) is 0 Å². The molecule has 17 heavy (non-hydrogen) atoms. The summed E-state index contributed by atoms with van der Waals surface area (Å²) in [6.45, 7) is 9.03. The standard InChI is InChI=1S/C14H24N2O/c1-11(2)16(10-13-6-4-8-15-13)12(3)14-7-5-9-17-14/h5,7,9,11-13,15H,4,6,8,10H2,1-3H3. The topological polar surface area (TPSA) is 28.4 Å². The minimum absolute atomic E-state index is 0.354. The third kappa shape index (κ3) is 3.11. The largest absolute Gasteiger partial charge is 0.468 e. The minimum Gasteiger partial charge on any atom is -0.468 e. The van der Waals surface area contributed by atoms with Crippen LogP contribution in [0.4, 0.5) is 0 Å². The average Bonchev–Trinajstić information content (AvgIpc) is 2.97. The van der Waals surface area contributed by atoms with Crippen LogP contribution < -0.4 is 5.32 Å². The van der Waals surface area contributed by atoms with Gasteiger partial charge in [0.05, 0.1) is 12.3 Å². The third-order valence-corrected chi connectivity index (χ3v) is 3.71. The first kappa shape index (κ1) is 12.7. The maximum Gasteiger partial charge on any atom is 0.120 e. The van der Waals surface area contributed by atoms with Gasteiger partial charge in [0.25, 0.3) is 0 Å². The molecule has 96 valence electrons. The fourth-order valence-electron chi connectivity index (χ4n) is 2.68. The van der Waals surface area contributed by atoms with E-state index in [1.807, 2.05) is 6.07 Å². The van der Waals surface area contributed by atoms with Gasteiger partial charge in [0, 0.05) is 18.6 Å². The maximum atomic E-state index is 5.53. The molecule has 0 radical (unpaired) electrons. The Bertz CT molecular complexity index is 315. The van der Waals surface area contributed by atoms with E-state index in [4.69, 9.17) is 4.42 Å². The highest BCUT2D eigenvalue weighted by Gasteiger charge is 2.25.